The van der Waals surface area contributed by atoms with Gasteiger partial charge < -0.3 is 20.1 Å². The van der Waals surface area contributed by atoms with Crippen LogP contribution in [0.25, 0.3) is 0 Å². The molecule has 0 unspecified atom stereocenters. The maximum absolute atomic E-state index is 12.1. The first-order chi connectivity index (χ1) is 9.05. The lowest BCUT2D eigenvalue weighted by Gasteiger charge is -2.49. The minimum atomic E-state index is -0.894. The van der Waals surface area contributed by atoms with Crippen molar-refractivity contribution in [3.63, 3.8) is 0 Å². The van der Waals surface area contributed by atoms with E-state index in [1.165, 1.54) is 7.11 Å². The highest BCUT2D eigenvalue weighted by Crippen LogP contribution is 2.44. The van der Waals surface area contributed by atoms with E-state index in [1.807, 2.05) is 31.2 Å². The average molecular weight is 278 g/mol. The van der Waals surface area contributed by atoms with Gasteiger partial charge in [-0.1, -0.05) is 18.2 Å². The second-order valence-electron chi connectivity index (χ2n) is 4.82. The van der Waals surface area contributed by atoms with Crippen LogP contribution in [0.1, 0.15) is 18.5 Å². The molecule has 2 aliphatic rings. The van der Waals surface area contributed by atoms with Crippen molar-refractivity contribution >= 4 is 23.3 Å². The normalized spacial score (nSPS) is 31.4. The first-order valence-corrected chi connectivity index (χ1v) is 6.40. The van der Waals surface area contributed by atoms with E-state index in [4.69, 9.17) is 21.7 Å². The molecule has 0 amide bonds. The Bertz CT molecular complexity index is 563. The summed E-state index contributed by atoms with van der Waals surface area (Å²) >= 11 is 5.18. The van der Waals surface area contributed by atoms with Gasteiger partial charge in [-0.05, 0) is 25.2 Å². The number of methoxy groups -OCH3 is 1. The largest absolute Gasteiger partial charge is 0.469 e. The second kappa shape index (κ2) is 4.09. The number of hydrogen-bond donors (Lipinski definition) is 2. The molecular formula is C13H14N2O3S. The SMILES string of the molecule is COC(=O)[C@@H]1[C@H]2NC(=S)N[C@@]1(C)Oc1ccccc12. The predicted molar refractivity (Wildman–Crippen MR) is 72.6 cm³/mol. The van der Waals surface area contributed by atoms with E-state index in [2.05, 4.69) is 10.6 Å². The minimum absolute atomic E-state index is 0.240. The molecule has 2 N–H and O–H groups in total. The van der Waals surface area contributed by atoms with Gasteiger partial charge in [-0.2, -0.15) is 0 Å². The molecule has 1 aromatic rings. The lowest BCUT2D eigenvalue weighted by Crippen LogP contribution is -2.69. The first-order valence-electron chi connectivity index (χ1n) is 5.99. The molecule has 1 aromatic carbocycles. The van der Waals surface area contributed by atoms with Gasteiger partial charge >= 0.3 is 5.97 Å². The Balaban J connectivity index is 2.14. The maximum Gasteiger partial charge on any atom is 0.317 e. The molecule has 0 aliphatic carbocycles. The monoisotopic (exact) mass is 278 g/mol. The quantitative estimate of drug-likeness (QED) is 0.593. The Morgan fingerprint density at radius 3 is 2.95 bits per heavy atom. The predicted octanol–water partition coefficient (Wildman–Crippen LogP) is 1.10. The van der Waals surface area contributed by atoms with Crippen molar-refractivity contribution in [3.8, 4) is 5.75 Å². The highest BCUT2D eigenvalue weighted by atomic mass is 32.1. The van der Waals surface area contributed by atoms with Crippen LogP contribution < -0.4 is 15.4 Å². The zero-order valence-corrected chi connectivity index (χ0v) is 11.4. The van der Waals surface area contributed by atoms with Gasteiger partial charge in [0.2, 0.25) is 0 Å². The fourth-order valence-electron chi connectivity index (χ4n) is 2.77. The smallest absolute Gasteiger partial charge is 0.317 e. The summed E-state index contributed by atoms with van der Waals surface area (Å²) in [5.74, 6) is -0.0822. The summed E-state index contributed by atoms with van der Waals surface area (Å²) in [5.41, 5.74) is 0.0216. The van der Waals surface area contributed by atoms with Gasteiger partial charge in [0.05, 0.1) is 13.2 Å². The van der Waals surface area contributed by atoms with Gasteiger partial charge in [0.25, 0.3) is 0 Å². The van der Waals surface area contributed by atoms with E-state index in [1.54, 1.807) is 0 Å². The van der Waals surface area contributed by atoms with E-state index in [0.717, 1.165) is 11.3 Å². The zero-order valence-electron chi connectivity index (χ0n) is 10.6. The second-order valence-corrected chi connectivity index (χ2v) is 5.23. The lowest BCUT2D eigenvalue weighted by molar-refractivity contribution is -0.159. The van der Waals surface area contributed by atoms with Crippen LogP contribution in [0.3, 0.4) is 0 Å². The van der Waals surface area contributed by atoms with Crippen LogP contribution >= 0.6 is 12.2 Å². The van der Waals surface area contributed by atoms with Crippen molar-refractivity contribution in [2.24, 2.45) is 5.92 Å². The number of para-hydroxylation sites is 1. The number of ether oxygens (including phenoxy) is 2. The molecule has 19 heavy (non-hydrogen) atoms. The number of fused-ring (bicyclic) bond motifs is 4. The summed E-state index contributed by atoms with van der Waals surface area (Å²) in [6, 6.07) is 7.37. The van der Waals surface area contributed by atoms with Crippen LogP contribution in [0.5, 0.6) is 5.75 Å². The van der Waals surface area contributed by atoms with Crippen LogP contribution in [0.2, 0.25) is 0 Å². The molecule has 6 heteroatoms. The van der Waals surface area contributed by atoms with Gasteiger partial charge in [0, 0.05) is 5.56 Å². The van der Waals surface area contributed by atoms with Crippen molar-refractivity contribution in [2.45, 2.75) is 18.7 Å². The van der Waals surface area contributed by atoms with E-state index in [-0.39, 0.29) is 12.0 Å². The number of thiocarbonyl (C=S) groups is 1. The fraction of sp³-hybridized carbons (Fsp3) is 0.385. The molecule has 3 atom stereocenters. The van der Waals surface area contributed by atoms with E-state index in [0.29, 0.717) is 5.11 Å². The molecule has 1 saturated heterocycles. The zero-order chi connectivity index (χ0) is 13.6. The van der Waals surface area contributed by atoms with Crippen molar-refractivity contribution in [3.05, 3.63) is 29.8 Å². The van der Waals surface area contributed by atoms with Crippen LogP contribution in [-0.2, 0) is 9.53 Å². The first kappa shape index (κ1) is 12.2. The molecule has 0 saturated carbocycles. The molecule has 1 fully saturated rings. The van der Waals surface area contributed by atoms with E-state index < -0.39 is 11.6 Å². The Morgan fingerprint density at radius 1 is 1.47 bits per heavy atom. The topological polar surface area (TPSA) is 59.6 Å². The number of benzene rings is 1. The minimum Gasteiger partial charge on any atom is -0.469 e. The van der Waals surface area contributed by atoms with E-state index in [9.17, 15) is 4.79 Å². The van der Waals surface area contributed by atoms with Crippen molar-refractivity contribution in [1.82, 2.24) is 10.6 Å². The summed E-state index contributed by atoms with van der Waals surface area (Å²) in [5, 5.41) is 6.64. The molecule has 2 bridgehead atoms. The number of carbonyl (C=O) groups is 1. The van der Waals surface area contributed by atoms with E-state index >= 15 is 0 Å². The average Bonchev–Trinajstić information content (AvgIpc) is 2.36. The van der Waals surface area contributed by atoms with Crippen molar-refractivity contribution in [2.75, 3.05) is 7.11 Å². The van der Waals surface area contributed by atoms with Crippen LogP contribution in [0.15, 0.2) is 24.3 Å². The molecule has 3 rings (SSSR count). The number of carbonyl (C=O) groups excluding carboxylic acids is 1. The van der Waals surface area contributed by atoms with Crippen molar-refractivity contribution < 1.29 is 14.3 Å². The van der Waals surface area contributed by atoms with Gasteiger partial charge in [-0.25, -0.2) is 0 Å². The van der Waals surface area contributed by atoms with Crippen LogP contribution in [0.4, 0.5) is 0 Å². The molecule has 0 spiro atoms. The Kier molecular flexibility index (Phi) is 2.63. The number of esters is 1. The molecule has 0 radical (unpaired) electrons. The molecule has 2 heterocycles. The Hall–Kier alpha value is -1.82. The highest BCUT2D eigenvalue weighted by Gasteiger charge is 2.55. The molecule has 0 aromatic heterocycles. The molecular weight excluding hydrogens is 264 g/mol. The number of nitrogens with one attached hydrogen (secondary N) is 2. The Labute approximate surface area is 116 Å². The van der Waals surface area contributed by atoms with Gasteiger partial charge in [-0.3, -0.25) is 4.79 Å². The van der Waals surface area contributed by atoms with Crippen molar-refractivity contribution in [1.29, 1.82) is 0 Å². The number of rotatable bonds is 1. The molecule has 100 valence electrons. The lowest BCUT2D eigenvalue weighted by atomic mass is 9.80. The van der Waals surface area contributed by atoms with Crippen LogP contribution in [0, 0.1) is 5.92 Å². The van der Waals surface area contributed by atoms with Gasteiger partial charge in [0.1, 0.15) is 11.7 Å². The van der Waals surface area contributed by atoms with Crippen LogP contribution in [-0.4, -0.2) is 23.9 Å². The summed E-state index contributed by atoms with van der Waals surface area (Å²) in [4.78, 5) is 12.1. The summed E-state index contributed by atoms with van der Waals surface area (Å²) < 4.78 is 10.9. The molecule has 5 nitrogen and oxygen atoms in total. The van der Waals surface area contributed by atoms with Gasteiger partial charge in [-0.15, -0.1) is 0 Å². The highest BCUT2D eigenvalue weighted by molar-refractivity contribution is 7.80. The third-order valence-electron chi connectivity index (χ3n) is 3.61. The third kappa shape index (κ3) is 1.74. The third-order valence-corrected chi connectivity index (χ3v) is 3.83. The fourth-order valence-corrected chi connectivity index (χ4v) is 3.10. The maximum atomic E-state index is 12.1. The summed E-state index contributed by atoms with van der Waals surface area (Å²) in [7, 11) is 1.38. The Morgan fingerprint density at radius 2 is 2.21 bits per heavy atom. The standard InChI is InChI=1S/C13H14N2O3S/c1-13-9(11(16)17-2)10(14-12(19)15-13)7-5-3-4-6-8(7)18-13/h3-6,9-10H,1-2H3,(H2,14,15,19)/t9-,10-,13-/m0/s1. The number of hydrogen-bond acceptors (Lipinski definition) is 4. The summed E-state index contributed by atoms with van der Waals surface area (Å²) in [6.45, 7) is 1.81. The molecule has 2 aliphatic heterocycles. The summed E-state index contributed by atoms with van der Waals surface area (Å²) in [6.07, 6.45) is 0. The van der Waals surface area contributed by atoms with Gasteiger partial charge in [0.15, 0.2) is 10.8 Å².